The molecular weight excluding hydrogens is 184 g/mol. The molecule has 4 heteroatoms. The van der Waals surface area contributed by atoms with Gasteiger partial charge in [0.15, 0.2) is 0 Å². The average molecular weight is 200 g/mol. The molecule has 1 aliphatic rings. The van der Waals surface area contributed by atoms with Gasteiger partial charge in [-0.05, 0) is 24.7 Å². The topological polar surface area (TPSA) is 74.6 Å². The number of rotatable bonds is 3. The van der Waals surface area contributed by atoms with E-state index in [0.717, 1.165) is 0 Å². The van der Waals surface area contributed by atoms with Crippen LogP contribution in [-0.2, 0) is 9.59 Å². The Morgan fingerprint density at radius 3 is 1.93 bits per heavy atom. The van der Waals surface area contributed by atoms with Crippen molar-refractivity contribution in [1.29, 1.82) is 0 Å². The van der Waals surface area contributed by atoms with Gasteiger partial charge in [0.2, 0.25) is 0 Å². The molecule has 14 heavy (non-hydrogen) atoms. The van der Waals surface area contributed by atoms with Crippen molar-refractivity contribution in [3.05, 3.63) is 0 Å². The molecule has 0 aliphatic heterocycles. The summed E-state index contributed by atoms with van der Waals surface area (Å²) in [6, 6.07) is 0. The molecule has 2 atom stereocenters. The smallest absolute Gasteiger partial charge is 0.310 e. The first-order chi connectivity index (χ1) is 6.37. The van der Waals surface area contributed by atoms with Crippen LogP contribution in [0, 0.1) is 17.3 Å². The molecular formula is C10H16O4. The Morgan fingerprint density at radius 2 is 1.64 bits per heavy atom. The van der Waals surface area contributed by atoms with Crippen LogP contribution in [0.15, 0.2) is 0 Å². The van der Waals surface area contributed by atoms with Crippen molar-refractivity contribution in [2.75, 3.05) is 0 Å². The van der Waals surface area contributed by atoms with E-state index in [0.29, 0.717) is 24.7 Å². The van der Waals surface area contributed by atoms with Crippen molar-refractivity contribution in [3.8, 4) is 0 Å². The van der Waals surface area contributed by atoms with Crippen LogP contribution in [-0.4, -0.2) is 22.2 Å². The quantitative estimate of drug-likeness (QED) is 0.725. The Balaban J connectivity index is 2.85. The first-order valence-corrected chi connectivity index (χ1v) is 4.82. The number of hydrogen-bond acceptors (Lipinski definition) is 2. The Labute approximate surface area is 82.9 Å². The van der Waals surface area contributed by atoms with E-state index in [2.05, 4.69) is 0 Å². The highest BCUT2D eigenvalue weighted by Gasteiger charge is 2.48. The van der Waals surface area contributed by atoms with Gasteiger partial charge in [0.25, 0.3) is 0 Å². The molecule has 0 bridgehead atoms. The minimum Gasteiger partial charge on any atom is -0.481 e. The number of carbonyl (C=O) groups is 2. The molecule has 0 radical (unpaired) electrons. The normalized spacial score (nSPS) is 37.0. The van der Waals surface area contributed by atoms with E-state index in [1.165, 1.54) is 0 Å². The highest BCUT2D eigenvalue weighted by atomic mass is 16.4. The first-order valence-electron chi connectivity index (χ1n) is 4.82. The molecule has 0 heterocycles. The standard InChI is InChI=1S/C10H16O4/c1-6-3-10(9(13)14,4-7(6)2)5-8(11)12/h6-7H,3-5H2,1-2H3,(H,11,12)(H,13,14). The molecule has 0 amide bonds. The number of aliphatic carboxylic acids is 2. The minimum absolute atomic E-state index is 0.253. The van der Waals surface area contributed by atoms with E-state index < -0.39 is 17.4 Å². The van der Waals surface area contributed by atoms with Gasteiger partial charge < -0.3 is 10.2 Å². The molecule has 2 N–H and O–H groups in total. The summed E-state index contributed by atoms with van der Waals surface area (Å²) in [7, 11) is 0. The van der Waals surface area contributed by atoms with Crippen molar-refractivity contribution in [2.45, 2.75) is 33.1 Å². The number of carboxylic acid groups (broad SMARTS) is 2. The van der Waals surface area contributed by atoms with Gasteiger partial charge in [-0.2, -0.15) is 0 Å². The fourth-order valence-electron chi connectivity index (χ4n) is 2.40. The fourth-order valence-corrected chi connectivity index (χ4v) is 2.40. The van der Waals surface area contributed by atoms with Gasteiger partial charge in [0.05, 0.1) is 11.8 Å². The lowest BCUT2D eigenvalue weighted by atomic mass is 9.82. The highest BCUT2D eigenvalue weighted by molar-refractivity contribution is 5.81. The third-order valence-corrected chi connectivity index (χ3v) is 3.34. The minimum atomic E-state index is -1.02. The summed E-state index contributed by atoms with van der Waals surface area (Å²) in [6.07, 6.45) is 0.711. The maximum Gasteiger partial charge on any atom is 0.310 e. The molecule has 0 spiro atoms. The molecule has 1 rings (SSSR count). The Bertz CT molecular complexity index is 249. The van der Waals surface area contributed by atoms with E-state index in [1.54, 1.807) is 0 Å². The van der Waals surface area contributed by atoms with E-state index >= 15 is 0 Å². The maximum atomic E-state index is 11.1. The van der Waals surface area contributed by atoms with E-state index in [4.69, 9.17) is 10.2 Å². The van der Waals surface area contributed by atoms with E-state index in [9.17, 15) is 9.59 Å². The molecule has 0 aromatic rings. The van der Waals surface area contributed by atoms with Crippen molar-refractivity contribution in [3.63, 3.8) is 0 Å². The van der Waals surface area contributed by atoms with Crippen LogP contribution in [0.1, 0.15) is 33.1 Å². The van der Waals surface area contributed by atoms with Crippen molar-refractivity contribution < 1.29 is 19.8 Å². The van der Waals surface area contributed by atoms with E-state index in [1.807, 2.05) is 13.8 Å². The van der Waals surface area contributed by atoms with Gasteiger partial charge in [0, 0.05) is 0 Å². The summed E-state index contributed by atoms with van der Waals surface area (Å²) in [5, 5.41) is 17.8. The zero-order valence-electron chi connectivity index (χ0n) is 8.49. The Kier molecular flexibility index (Phi) is 2.83. The Morgan fingerprint density at radius 1 is 1.21 bits per heavy atom. The van der Waals surface area contributed by atoms with Crippen LogP contribution >= 0.6 is 0 Å². The largest absolute Gasteiger partial charge is 0.481 e. The lowest BCUT2D eigenvalue weighted by Crippen LogP contribution is -2.31. The molecule has 0 aromatic heterocycles. The number of carboxylic acids is 2. The van der Waals surface area contributed by atoms with Crippen molar-refractivity contribution >= 4 is 11.9 Å². The SMILES string of the molecule is CC1CC(CC(=O)O)(C(=O)O)CC1C. The predicted molar refractivity (Wildman–Crippen MR) is 49.9 cm³/mol. The zero-order chi connectivity index (χ0) is 10.9. The van der Waals surface area contributed by atoms with Crippen molar-refractivity contribution in [2.24, 2.45) is 17.3 Å². The summed E-state index contributed by atoms with van der Waals surface area (Å²) in [4.78, 5) is 21.7. The third kappa shape index (κ3) is 1.89. The lowest BCUT2D eigenvalue weighted by Gasteiger charge is -2.21. The monoisotopic (exact) mass is 200 g/mol. The second-order valence-electron chi connectivity index (χ2n) is 4.52. The highest BCUT2D eigenvalue weighted by Crippen LogP contribution is 2.47. The Hall–Kier alpha value is -1.06. The molecule has 2 unspecified atom stereocenters. The second-order valence-corrected chi connectivity index (χ2v) is 4.52. The van der Waals surface area contributed by atoms with Crippen molar-refractivity contribution in [1.82, 2.24) is 0 Å². The van der Waals surface area contributed by atoms with Gasteiger partial charge >= 0.3 is 11.9 Å². The van der Waals surface area contributed by atoms with E-state index in [-0.39, 0.29) is 6.42 Å². The maximum absolute atomic E-state index is 11.1. The molecule has 4 nitrogen and oxygen atoms in total. The average Bonchev–Trinajstić information content (AvgIpc) is 2.27. The van der Waals surface area contributed by atoms with Crippen LogP contribution < -0.4 is 0 Å². The van der Waals surface area contributed by atoms with Crippen LogP contribution in [0.3, 0.4) is 0 Å². The van der Waals surface area contributed by atoms with Gasteiger partial charge in [-0.25, -0.2) is 0 Å². The van der Waals surface area contributed by atoms with Gasteiger partial charge in [-0.1, -0.05) is 13.8 Å². The molecule has 80 valence electrons. The molecule has 1 saturated carbocycles. The van der Waals surface area contributed by atoms with Crippen LogP contribution in [0.4, 0.5) is 0 Å². The lowest BCUT2D eigenvalue weighted by molar-refractivity contribution is -0.155. The summed E-state index contributed by atoms with van der Waals surface area (Å²) in [5.41, 5.74) is -1.02. The molecule has 1 fully saturated rings. The van der Waals surface area contributed by atoms with Crippen LogP contribution in [0.2, 0.25) is 0 Å². The predicted octanol–water partition coefficient (Wildman–Crippen LogP) is 1.60. The van der Waals surface area contributed by atoms with Gasteiger partial charge in [0.1, 0.15) is 0 Å². The van der Waals surface area contributed by atoms with Gasteiger partial charge in [-0.3, -0.25) is 9.59 Å². The molecule has 1 aliphatic carbocycles. The third-order valence-electron chi connectivity index (χ3n) is 3.34. The second kappa shape index (κ2) is 3.59. The summed E-state index contributed by atoms with van der Waals surface area (Å²) in [6.45, 7) is 3.97. The summed E-state index contributed by atoms with van der Waals surface area (Å²) < 4.78 is 0. The summed E-state index contributed by atoms with van der Waals surface area (Å²) >= 11 is 0. The number of hydrogen-bond donors (Lipinski definition) is 2. The van der Waals surface area contributed by atoms with Crippen LogP contribution in [0.25, 0.3) is 0 Å². The fraction of sp³-hybridized carbons (Fsp3) is 0.800. The summed E-state index contributed by atoms with van der Waals surface area (Å²) in [5.74, 6) is -1.39. The zero-order valence-corrected chi connectivity index (χ0v) is 8.49. The molecule has 0 aromatic carbocycles. The first kappa shape index (κ1) is 11.0. The molecule has 0 saturated heterocycles. The van der Waals surface area contributed by atoms with Crippen LogP contribution in [0.5, 0.6) is 0 Å². The van der Waals surface area contributed by atoms with Gasteiger partial charge in [-0.15, -0.1) is 0 Å².